The molecule has 2 aliphatic carbocycles. The van der Waals surface area contributed by atoms with Crippen molar-refractivity contribution in [2.45, 2.75) is 122 Å². The van der Waals surface area contributed by atoms with Crippen LogP contribution in [0.5, 0.6) is 0 Å². The quantitative estimate of drug-likeness (QED) is 0.155. The van der Waals surface area contributed by atoms with Gasteiger partial charge in [0.2, 0.25) is 0 Å². The molecule has 0 spiro atoms. The average Bonchev–Trinajstić information content (AvgIpc) is 3.58. The molecule has 0 fully saturated rings. The van der Waals surface area contributed by atoms with Crippen LogP contribution in [0.4, 0.5) is 0 Å². The van der Waals surface area contributed by atoms with Gasteiger partial charge in [0.05, 0.1) is 0 Å². The Morgan fingerprint density at radius 3 is 1.41 bits per heavy atom. The fourth-order valence-electron chi connectivity index (χ4n) is 8.41. The number of allylic oxidation sites excluding steroid dienone is 4. The first-order valence-corrected chi connectivity index (χ1v) is 22.9. The summed E-state index contributed by atoms with van der Waals surface area (Å²) in [6.07, 6.45) is 8.49. The van der Waals surface area contributed by atoms with Gasteiger partial charge in [-0.1, -0.05) is 0 Å². The van der Waals surface area contributed by atoms with Crippen molar-refractivity contribution in [3.05, 3.63) is 150 Å². The fraction of sp³-hybridized carbons (Fsp3) is 0.396. The molecule has 0 bridgehead atoms. The van der Waals surface area contributed by atoms with E-state index in [1.165, 1.54) is 78.3 Å². The van der Waals surface area contributed by atoms with Crippen molar-refractivity contribution in [3.63, 3.8) is 0 Å². The predicted molar refractivity (Wildman–Crippen MR) is 211 cm³/mol. The molecule has 0 amide bonds. The summed E-state index contributed by atoms with van der Waals surface area (Å²) in [6, 6.07) is 38.2. The standard InChI is InChI=1S/C21H25.C14H23.C13H10.2ClH.Zr/c1-20(2,3)16-7-9-18-14(12-16)11-15-13-17(21(4,5)6)8-10-19(15)18;1-4-7-12-10-11-13(8-5-2)14(12)9-6-3;1-3-7-12(8-4-1)11-13-9-5-2-6-10-13;;;/h7-13H,1-6H3;4-10H2,1-3H3;1-10H;2*1H;/q;;;;;+2/p-2. The molecule has 0 nitrogen and oxygen atoms in total. The monoisotopic (exact) mass is 794 g/mol. The minimum atomic E-state index is -2.91. The largest absolute Gasteiger partial charge is 1.00 e. The van der Waals surface area contributed by atoms with E-state index in [-0.39, 0.29) is 35.6 Å². The number of benzene rings is 4. The molecular weight excluding hydrogens is 739 g/mol. The van der Waals surface area contributed by atoms with Gasteiger partial charge in [0.15, 0.2) is 0 Å². The molecule has 4 aromatic rings. The number of hydrogen-bond donors (Lipinski definition) is 0. The second-order valence-corrected chi connectivity index (χ2v) is 22.7. The zero-order chi connectivity index (χ0) is 34.9. The topological polar surface area (TPSA) is 0 Å². The number of hydrogen-bond acceptors (Lipinski definition) is 0. The van der Waals surface area contributed by atoms with Gasteiger partial charge in [-0.25, -0.2) is 0 Å². The molecule has 0 N–H and O–H groups in total. The second-order valence-electron chi connectivity index (χ2n) is 16.5. The Morgan fingerprint density at radius 1 is 0.569 bits per heavy atom. The van der Waals surface area contributed by atoms with Crippen LogP contribution >= 0.6 is 0 Å². The molecule has 3 heteroatoms. The molecule has 0 saturated heterocycles. The van der Waals surface area contributed by atoms with Crippen molar-refractivity contribution >= 4 is 3.21 Å². The number of rotatable bonds is 10. The third-order valence-electron chi connectivity index (χ3n) is 10.9. The molecule has 268 valence electrons. The third kappa shape index (κ3) is 8.43. The van der Waals surface area contributed by atoms with Gasteiger partial charge in [0.1, 0.15) is 0 Å². The molecule has 0 aromatic heterocycles. The molecule has 51 heavy (non-hydrogen) atoms. The fourth-order valence-corrected chi connectivity index (χ4v) is 18.2. The van der Waals surface area contributed by atoms with Crippen LogP contribution in [-0.2, 0) is 32.1 Å². The molecule has 6 rings (SSSR count). The molecule has 0 heterocycles. The van der Waals surface area contributed by atoms with Crippen LogP contribution in [0.25, 0.3) is 11.1 Å². The molecule has 4 aromatic carbocycles. The maximum atomic E-state index is 2.65. The van der Waals surface area contributed by atoms with E-state index in [9.17, 15) is 0 Å². The van der Waals surface area contributed by atoms with Crippen LogP contribution in [0.2, 0.25) is 0 Å². The van der Waals surface area contributed by atoms with E-state index in [4.69, 9.17) is 0 Å². The summed E-state index contributed by atoms with van der Waals surface area (Å²) in [4.78, 5) is 0. The summed E-state index contributed by atoms with van der Waals surface area (Å²) in [6.45, 7) is 21.4. The van der Waals surface area contributed by atoms with Crippen LogP contribution < -0.4 is 24.8 Å². The van der Waals surface area contributed by atoms with Crippen molar-refractivity contribution < 1.29 is 46.1 Å². The zero-order valence-electron chi connectivity index (χ0n) is 32.5. The number of fused-ring (bicyclic) bond motifs is 3. The Kier molecular flexibility index (Phi) is 14.0. The number of halogens is 2. The second kappa shape index (κ2) is 17.2. The van der Waals surface area contributed by atoms with Crippen LogP contribution in [0.3, 0.4) is 0 Å². The minimum absolute atomic E-state index is 0. The van der Waals surface area contributed by atoms with E-state index in [1.807, 2.05) is 3.28 Å². The SMILES string of the molecule is CCCC1=C(CCC)C(CCC)=[C]([Zr+2](=[C](c2ccccc2)c2ccccc2)[CH]2c3cc(C(C)(C)C)ccc3-c3ccc(C(C)(C)C)cc32)C1.[Cl-].[Cl-]. The van der Waals surface area contributed by atoms with E-state index < -0.39 is 21.3 Å². The van der Waals surface area contributed by atoms with Gasteiger partial charge in [-0.3, -0.25) is 0 Å². The van der Waals surface area contributed by atoms with Gasteiger partial charge in [-0.05, 0) is 0 Å². The van der Waals surface area contributed by atoms with E-state index >= 15 is 0 Å². The van der Waals surface area contributed by atoms with Gasteiger partial charge >= 0.3 is 308 Å². The maximum Gasteiger partial charge on any atom is -1.00 e. The van der Waals surface area contributed by atoms with Crippen LogP contribution in [-0.4, -0.2) is 3.21 Å². The van der Waals surface area contributed by atoms with Gasteiger partial charge < -0.3 is 24.8 Å². The van der Waals surface area contributed by atoms with Crippen molar-refractivity contribution in [3.8, 4) is 11.1 Å². The first kappa shape index (κ1) is 41.4. The minimum Gasteiger partial charge on any atom is -1.00 e. The predicted octanol–water partition coefficient (Wildman–Crippen LogP) is 7.60. The summed E-state index contributed by atoms with van der Waals surface area (Å²) in [5, 5.41) is 0. The molecule has 0 atom stereocenters. The first-order valence-electron chi connectivity index (χ1n) is 19.1. The molecule has 0 unspecified atom stereocenters. The zero-order valence-corrected chi connectivity index (χ0v) is 36.5. The van der Waals surface area contributed by atoms with Crippen LogP contribution in [0, 0.1) is 0 Å². The molecule has 2 aliphatic rings. The Hall–Kier alpha value is -2.31. The molecular formula is C48H58Cl2Zr. The Balaban J connectivity index is 0.00000292. The van der Waals surface area contributed by atoms with Gasteiger partial charge in [0.25, 0.3) is 0 Å². The summed E-state index contributed by atoms with van der Waals surface area (Å²) >= 11 is -2.91. The van der Waals surface area contributed by atoms with Crippen LogP contribution in [0.1, 0.15) is 144 Å². The van der Waals surface area contributed by atoms with Crippen LogP contribution in [0.15, 0.2) is 117 Å². The van der Waals surface area contributed by atoms with Gasteiger partial charge in [-0.2, -0.15) is 0 Å². The Labute approximate surface area is 330 Å². The Bertz CT molecular complexity index is 1810. The van der Waals surface area contributed by atoms with Crippen molar-refractivity contribution in [2.75, 3.05) is 0 Å². The van der Waals surface area contributed by atoms with Gasteiger partial charge in [-0.15, -0.1) is 0 Å². The summed E-state index contributed by atoms with van der Waals surface area (Å²) in [7, 11) is 0. The van der Waals surface area contributed by atoms with E-state index in [0.29, 0.717) is 3.63 Å². The van der Waals surface area contributed by atoms with Crippen molar-refractivity contribution in [1.29, 1.82) is 0 Å². The van der Waals surface area contributed by atoms with Gasteiger partial charge in [0, 0.05) is 0 Å². The maximum absolute atomic E-state index is 2.91. The normalized spacial score (nSPS) is 14.0. The Morgan fingerprint density at radius 2 is 1.00 bits per heavy atom. The third-order valence-corrected chi connectivity index (χ3v) is 19.3. The molecule has 0 saturated carbocycles. The van der Waals surface area contributed by atoms with Crippen molar-refractivity contribution in [1.82, 2.24) is 0 Å². The van der Waals surface area contributed by atoms with E-state index in [2.05, 4.69) is 159 Å². The van der Waals surface area contributed by atoms with Crippen molar-refractivity contribution in [2.24, 2.45) is 0 Å². The smallest absolute Gasteiger partial charge is 1.00 e. The first-order chi connectivity index (χ1) is 23.5. The summed E-state index contributed by atoms with van der Waals surface area (Å²) < 4.78 is 3.97. The molecule has 0 radical (unpaired) electrons. The average molecular weight is 797 g/mol. The molecule has 0 aliphatic heterocycles. The van der Waals surface area contributed by atoms with E-state index in [1.54, 1.807) is 31.1 Å². The summed E-state index contributed by atoms with van der Waals surface area (Å²) in [5.41, 5.74) is 17.3. The summed E-state index contributed by atoms with van der Waals surface area (Å²) in [5.74, 6) is 0. The van der Waals surface area contributed by atoms with E-state index in [0.717, 1.165) is 0 Å².